The van der Waals surface area contributed by atoms with E-state index in [1.807, 2.05) is 30.4 Å². The number of amides is 5. The van der Waals surface area contributed by atoms with Gasteiger partial charge in [-0.1, -0.05) is 57.2 Å². The summed E-state index contributed by atoms with van der Waals surface area (Å²) in [6, 6.07) is 2.46. The molecule has 2 aliphatic carbocycles. The molecule has 15 heteroatoms. The zero-order chi connectivity index (χ0) is 36.0. The number of nitrogens with zero attached hydrogens (tertiary/aromatic N) is 2. The highest BCUT2D eigenvalue weighted by molar-refractivity contribution is 7.84. The second-order valence-corrected chi connectivity index (χ2v) is 16.3. The standard InChI is InChI=1S/C35H46N6O8S/c1-5-22-15-35(22,32(45)39-50(47)24-11-12-24)38-30(43)27-14-23-17-41(27)31(44)28(34(2,3)4)37-29(42)26(36)19-48-13-7-10-20-8-6-9-21-16-40(18-25(20)21)33(46)49-23/h5-10,22-24,26-28H,1,11-19,36H2,2-4H3,(H,37,42)(H,38,43)(H,39,45). The van der Waals surface area contributed by atoms with Crippen LogP contribution >= 0.6 is 0 Å². The molecule has 1 aromatic rings. The Morgan fingerprint density at radius 3 is 2.62 bits per heavy atom. The quantitative estimate of drug-likeness (QED) is 0.313. The van der Waals surface area contributed by atoms with Crippen molar-refractivity contribution in [1.82, 2.24) is 25.2 Å². The minimum absolute atomic E-state index is 0.0410. The monoisotopic (exact) mass is 710 g/mol. The van der Waals surface area contributed by atoms with Crippen molar-refractivity contribution in [2.45, 2.75) is 94.6 Å². The number of carbonyl (C=O) groups is 5. The van der Waals surface area contributed by atoms with Gasteiger partial charge in [0.25, 0.3) is 5.91 Å². The molecule has 0 radical (unpaired) electrons. The summed E-state index contributed by atoms with van der Waals surface area (Å²) in [5.74, 6) is -2.79. The first-order chi connectivity index (χ1) is 23.7. The van der Waals surface area contributed by atoms with Gasteiger partial charge in [0.1, 0.15) is 40.8 Å². The van der Waals surface area contributed by atoms with Crippen molar-refractivity contribution in [2.24, 2.45) is 17.1 Å². The molecule has 4 bridgehead atoms. The summed E-state index contributed by atoms with van der Waals surface area (Å²) in [7, 11) is -1.57. The van der Waals surface area contributed by atoms with E-state index < -0.39 is 81.8 Å². The molecule has 6 rings (SSSR count). The number of ether oxygens (including phenoxy) is 2. The number of nitrogens with one attached hydrogen (secondary N) is 3. The van der Waals surface area contributed by atoms with E-state index in [2.05, 4.69) is 21.9 Å². The van der Waals surface area contributed by atoms with Crippen LogP contribution in [0.4, 0.5) is 4.79 Å². The first-order valence-corrected chi connectivity index (χ1v) is 18.3. The Labute approximate surface area is 294 Å². The molecular weight excluding hydrogens is 664 g/mol. The van der Waals surface area contributed by atoms with Crippen LogP contribution in [0.15, 0.2) is 36.9 Å². The smallest absolute Gasteiger partial charge is 0.410 e. The van der Waals surface area contributed by atoms with Gasteiger partial charge in [-0.2, -0.15) is 0 Å². The van der Waals surface area contributed by atoms with Gasteiger partial charge in [-0.3, -0.25) is 28.8 Å². The van der Waals surface area contributed by atoms with Crippen LogP contribution in [0, 0.1) is 11.3 Å². The van der Waals surface area contributed by atoms with Crippen LogP contribution < -0.4 is 21.1 Å². The summed E-state index contributed by atoms with van der Waals surface area (Å²) in [6.45, 7) is 9.74. The highest BCUT2D eigenvalue weighted by Gasteiger charge is 2.61. The van der Waals surface area contributed by atoms with Crippen molar-refractivity contribution in [3.05, 3.63) is 53.6 Å². The van der Waals surface area contributed by atoms with Gasteiger partial charge in [-0.15, -0.1) is 6.58 Å². The number of rotatable bonds is 6. The Balaban J connectivity index is 1.28. The van der Waals surface area contributed by atoms with Crippen LogP contribution in [0.2, 0.25) is 0 Å². The first-order valence-electron chi connectivity index (χ1n) is 17.0. The largest absolute Gasteiger partial charge is 0.444 e. The lowest BCUT2D eigenvalue weighted by molar-refractivity contribution is -0.145. The molecule has 5 N–H and O–H groups in total. The molecule has 7 atom stereocenters. The second kappa shape index (κ2) is 13.9. The van der Waals surface area contributed by atoms with Crippen molar-refractivity contribution in [1.29, 1.82) is 0 Å². The third-order valence-corrected chi connectivity index (χ3v) is 11.5. The maximum absolute atomic E-state index is 14.4. The highest BCUT2D eigenvalue weighted by atomic mass is 32.2. The molecule has 2 saturated carbocycles. The zero-order valence-electron chi connectivity index (χ0n) is 28.6. The second-order valence-electron chi connectivity index (χ2n) is 14.9. The van der Waals surface area contributed by atoms with E-state index in [0.717, 1.165) is 29.5 Å². The predicted molar refractivity (Wildman–Crippen MR) is 184 cm³/mol. The lowest BCUT2D eigenvalue weighted by Gasteiger charge is -2.36. The Hall–Kier alpha value is -4.08. The molecule has 3 aliphatic heterocycles. The average molecular weight is 711 g/mol. The van der Waals surface area contributed by atoms with E-state index in [9.17, 15) is 28.2 Å². The molecule has 3 fully saturated rings. The fourth-order valence-electron chi connectivity index (χ4n) is 6.79. The lowest BCUT2D eigenvalue weighted by atomic mass is 9.85. The van der Waals surface area contributed by atoms with Crippen molar-refractivity contribution >= 4 is 46.8 Å². The van der Waals surface area contributed by atoms with E-state index in [0.29, 0.717) is 13.1 Å². The predicted octanol–water partition coefficient (Wildman–Crippen LogP) is 1.01. The van der Waals surface area contributed by atoms with Crippen LogP contribution in [0.3, 0.4) is 0 Å². The Bertz CT molecular complexity index is 1640. The molecule has 5 amide bonds. The lowest BCUT2D eigenvalue weighted by Crippen LogP contribution is -2.61. The zero-order valence-corrected chi connectivity index (χ0v) is 29.5. The minimum Gasteiger partial charge on any atom is -0.444 e. The molecule has 5 aliphatic rings. The van der Waals surface area contributed by atoms with E-state index in [4.69, 9.17) is 15.2 Å². The third kappa shape index (κ3) is 7.35. The van der Waals surface area contributed by atoms with Crippen LogP contribution in [-0.4, -0.2) is 98.5 Å². The fourth-order valence-corrected chi connectivity index (χ4v) is 7.88. The molecule has 1 aromatic carbocycles. The number of fused-ring (bicyclic) bond motifs is 3. The molecule has 0 spiro atoms. The topological polar surface area (TPSA) is 189 Å². The summed E-state index contributed by atoms with van der Waals surface area (Å²) in [4.78, 5) is 71.6. The summed E-state index contributed by atoms with van der Waals surface area (Å²) in [6.07, 6.45) is 5.54. The van der Waals surface area contributed by atoms with Gasteiger partial charge in [0.05, 0.1) is 31.6 Å². The number of benzene rings is 1. The Kier molecular flexibility index (Phi) is 9.94. The van der Waals surface area contributed by atoms with Crippen LogP contribution in [0.5, 0.6) is 0 Å². The number of carbonyl (C=O) groups excluding carboxylic acids is 5. The van der Waals surface area contributed by atoms with Crippen molar-refractivity contribution < 1.29 is 37.7 Å². The third-order valence-electron chi connectivity index (χ3n) is 10.0. The number of hydrogen-bond acceptors (Lipinski definition) is 9. The van der Waals surface area contributed by atoms with Crippen LogP contribution in [0.25, 0.3) is 6.08 Å². The van der Waals surface area contributed by atoms with E-state index >= 15 is 0 Å². The molecule has 270 valence electrons. The van der Waals surface area contributed by atoms with Gasteiger partial charge in [0, 0.05) is 18.9 Å². The van der Waals surface area contributed by atoms with Gasteiger partial charge < -0.3 is 30.7 Å². The summed E-state index contributed by atoms with van der Waals surface area (Å²) in [5.41, 5.74) is 6.84. The Morgan fingerprint density at radius 2 is 1.94 bits per heavy atom. The van der Waals surface area contributed by atoms with E-state index in [1.54, 1.807) is 31.7 Å². The SMILES string of the molecule is C=CC1CC1(NC(=O)C1CC2CN1C(=O)C(C(C)(C)C)NC(=O)C(N)COCC=Cc1cccc3c1CN(C3)C(=O)O2)C(=O)NS(=O)C1CC1. The van der Waals surface area contributed by atoms with E-state index in [-0.39, 0.29) is 37.9 Å². The van der Waals surface area contributed by atoms with Crippen LogP contribution in [0.1, 0.15) is 63.1 Å². The van der Waals surface area contributed by atoms with Gasteiger partial charge in [0.15, 0.2) is 0 Å². The van der Waals surface area contributed by atoms with Gasteiger partial charge >= 0.3 is 6.09 Å². The fraction of sp³-hybridized carbons (Fsp3) is 0.571. The summed E-state index contributed by atoms with van der Waals surface area (Å²) in [5, 5.41) is 5.50. The number of hydrogen-bond donors (Lipinski definition) is 4. The average Bonchev–Trinajstić information content (AvgIpc) is 3.95. The highest BCUT2D eigenvalue weighted by Crippen LogP contribution is 2.45. The van der Waals surface area contributed by atoms with Gasteiger partial charge in [0.2, 0.25) is 17.7 Å². The van der Waals surface area contributed by atoms with Crippen molar-refractivity contribution in [3.63, 3.8) is 0 Å². The molecule has 1 saturated heterocycles. The molecule has 50 heavy (non-hydrogen) atoms. The molecule has 14 nitrogen and oxygen atoms in total. The van der Waals surface area contributed by atoms with Crippen LogP contribution in [-0.2, 0) is 52.7 Å². The molecular formula is C35H46N6O8S. The normalized spacial score (nSPS) is 30.7. The molecule has 0 aromatic heterocycles. The molecule has 3 heterocycles. The van der Waals surface area contributed by atoms with Crippen molar-refractivity contribution in [2.75, 3.05) is 19.8 Å². The number of nitrogens with two attached hydrogens (primary N) is 1. The summed E-state index contributed by atoms with van der Waals surface area (Å²) >= 11 is 0. The van der Waals surface area contributed by atoms with Gasteiger partial charge in [-0.25, -0.2) is 9.00 Å². The molecule has 7 unspecified atom stereocenters. The maximum Gasteiger partial charge on any atom is 0.410 e. The van der Waals surface area contributed by atoms with Gasteiger partial charge in [-0.05, 0) is 41.4 Å². The van der Waals surface area contributed by atoms with E-state index in [1.165, 1.54) is 4.90 Å². The maximum atomic E-state index is 14.4. The minimum atomic E-state index is -1.57. The van der Waals surface area contributed by atoms with Crippen molar-refractivity contribution in [3.8, 4) is 0 Å². The summed E-state index contributed by atoms with van der Waals surface area (Å²) < 4.78 is 26.7. The Morgan fingerprint density at radius 1 is 1.18 bits per heavy atom. The first kappa shape index (κ1) is 35.7.